The van der Waals surface area contributed by atoms with E-state index in [0.717, 1.165) is 43.1 Å². The van der Waals surface area contributed by atoms with Crippen molar-refractivity contribution < 1.29 is 0 Å². The van der Waals surface area contributed by atoms with E-state index < -0.39 is 0 Å². The van der Waals surface area contributed by atoms with Crippen molar-refractivity contribution in [3.8, 4) is 0 Å². The lowest BCUT2D eigenvalue weighted by Gasteiger charge is -2.37. The van der Waals surface area contributed by atoms with E-state index in [1.807, 2.05) is 19.1 Å². The molecule has 0 radical (unpaired) electrons. The smallest absolute Gasteiger partial charge is 0.258 e. The number of fused-ring (bicyclic) bond motifs is 1. The molecule has 106 valence electrons. The van der Waals surface area contributed by atoms with Gasteiger partial charge in [0.25, 0.3) is 5.56 Å². The summed E-state index contributed by atoms with van der Waals surface area (Å²) in [5.74, 6) is 0. The Morgan fingerprint density at radius 2 is 2.25 bits per heavy atom. The minimum Gasteiger partial charge on any atom is -0.314 e. The minimum absolute atomic E-state index is 0.00668. The first-order valence-corrected chi connectivity index (χ1v) is 7.11. The van der Waals surface area contributed by atoms with Crippen molar-refractivity contribution in [2.75, 3.05) is 19.6 Å². The van der Waals surface area contributed by atoms with Gasteiger partial charge in [0.05, 0.1) is 5.69 Å². The number of hydrogen-bond acceptors (Lipinski definition) is 4. The fraction of sp³-hybridized carbons (Fsp3) is 0.467. The van der Waals surface area contributed by atoms with Gasteiger partial charge in [0, 0.05) is 37.9 Å². The first kappa shape index (κ1) is 13.3. The van der Waals surface area contributed by atoms with Crippen molar-refractivity contribution in [3.05, 3.63) is 46.0 Å². The SMILES string of the molecule is CCN(Cc1cc(=O)n2ccc(C)cc2n1)C1CNC1. The van der Waals surface area contributed by atoms with E-state index >= 15 is 0 Å². The van der Waals surface area contributed by atoms with Gasteiger partial charge in [-0.05, 0) is 31.2 Å². The van der Waals surface area contributed by atoms with Crippen LogP contribution in [0.2, 0.25) is 0 Å². The highest BCUT2D eigenvalue weighted by molar-refractivity contribution is 5.41. The summed E-state index contributed by atoms with van der Waals surface area (Å²) in [6.45, 7) is 7.93. The predicted molar refractivity (Wildman–Crippen MR) is 78.9 cm³/mol. The molecule has 5 nitrogen and oxygen atoms in total. The van der Waals surface area contributed by atoms with Gasteiger partial charge in [-0.2, -0.15) is 0 Å². The molecule has 5 heteroatoms. The molecule has 20 heavy (non-hydrogen) atoms. The van der Waals surface area contributed by atoms with Crippen molar-refractivity contribution >= 4 is 5.65 Å². The van der Waals surface area contributed by atoms with Crippen LogP contribution in [-0.2, 0) is 6.54 Å². The van der Waals surface area contributed by atoms with Gasteiger partial charge in [0.2, 0.25) is 0 Å². The molecule has 0 spiro atoms. The van der Waals surface area contributed by atoms with Crippen molar-refractivity contribution in [1.82, 2.24) is 19.6 Å². The summed E-state index contributed by atoms with van der Waals surface area (Å²) < 4.78 is 1.59. The molecule has 1 N–H and O–H groups in total. The van der Waals surface area contributed by atoms with Crippen LogP contribution in [0.25, 0.3) is 5.65 Å². The maximum Gasteiger partial charge on any atom is 0.258 e. The zero-order valence-electron chi connectivity index (χ0n) is 12.0. The van der Waals surface area contributed by atoms with Gasteiger partial charge >= 0.3 is 0 Å². The first-order chi connectivity index (χ1) is 9.67. The second kappa shape index (κ2) is 5.34. The fourth-order valence-electron chi connectivity index (χ4n) is 2.57. The Kier molecular flexibility index (Phi) is 3.54. The normalized spacial score (nSPS) is 15.8. The summed E-state index contributed by atoms with van der Waals surface area (Å²) in [7, 11) is 0. The van der Waals surface area contributed by atoms with Crippen LogP contribution in [0.15, 0.2) is 29.2 Å². The number of nitrogens with one attached hydrogen (secondary N) is 1. The van der Waals surface area contributed by atoms with Crippen LogP contribution in [0.3, 0.4) is 0 Å². The molecule has 0 aliphatic carbocycles. The van der Waals surface area contributed by atoms with E-state index in [2.05, 4.69) is 22.1 Å². The Morgan fingerprint density at radius 3 is 2.90 bits per heavy atom. The van der Waals surface area contributed by atoms with Gasteiger partial charge < -0.3 is 5.32 Å². The average Bonchev–Trinajstić information content (AvgIpc) is 2.35. The van der Waals surface area contributed by atoms with Crippen molar-refractivity contribution in [3.63, 3.8) is 0 Å². The summed E-state index contributed by atoms with van der Waals surface area (Å²) in [5.41, 5.74) is 2.70. The maximum absolute atomic E-state index is 12.1. The van der Waals surface area contributed by atoms with Crippen LogP contribution in [0, 0.1) is 6.92 Å². The Labute approximate surface area is 118 Å². The molecule has 3 heterocycles. The third-order valence-electron chi connectivity index (χ3n) is 3.92. The zero-order valence-corrected chi connectivity index (χ0v) is 12.0. The molecule has 0 unspecified atom stereocenters. The Hall–Kier alpha value is -1.72. The maximum atomic E-state index is 12.1. The molecular formula is C15H20N4O. The molecule has 0 bridgehead atoms. The Morgan fingerprint density at radius 1 is 1.45 bits per heavy atom. The van der Waals surface area contributed by atoms with Crippen molar-refractivity contribution in [1.29, 1.82) is 0 Å². The van der Waals surface area contributed by atoms with Crippen LogP contribution < -0.4 is 10.9 Å². The largest absolute Gasteiger partial charge is 0.314 e. The lowest BCUT2D eigenvalue weighted by Crippen LogP contribution is -2.56. The summed E-state index contributed by atoms with van der Waals surface area (Å²) in [6, 6.07) is 6.09. The van der Waals surface area contributed by atoms with Crippen LogP contribution >= 0.6 is 0 Å². The third kappa shape index (κ3) is 2.46. The zero-order chi connectivity index (χ0) is 14.1. The monoisotopic (exact) mass is 272 g/mol. The predicted octanol–water partition coefficient (Wildman–Crippen LogP) is 0.797. The molecule has 0 saturated carbocycles. The van der Waals surface area contributed by atoms with Crippen LogP contribution in [0.4, 0.5) is 0 Å². The van der Waals surface area contributed by atoms with Gasteiger partial charge in [-0.1, -0.05) is 6.92 Å². The van der Waals surface area contributed by atoms with E-state index in [1.54, 1.807) is 16.7 Å². The van der Waals surface area contributed by atoms with E-state index in [0.29, 0.717) is 6.04 Å². The molecule has 1 fully saturated rings. The molecule has 2 aromatic rings. The molecule has 0 amide bonds. The second-order valence-electron chi connectivity index (χ2n) is 5.39. The lowest BCUT2D eigenvalue weighted by molar-refractivity contribution is 0.143. The summed E-state index contributed by atoms with van der Waals surface area (Å²) in [5, 5.41) is 3.28. The van der Waals surface area contributed by atoms with Crippen molar-refractivity contribution in [2.45, 2.75) is 26.4 Å². The number of likely N-dealkylation sites (N-methyl/N-ethyl adjacent to an activating group) is 1. The van der Waals surface area contributed by atoms with Gasteiger partial charge in [-0.25, -0.2) is 4.98 Å². The third-order valence-corrected chi connectivity index (χ3v) is 3.92. The fourth-order valence-corrected chi connectivity index (χ4v) is 2.57. The van der Waals surface area contributed by atoms with Gasteiger partial charge in [-0.3, -0.25) is 14.1 Å². The lowest BCUT2D eigenvalue weighted by atomic mass is 10.1. The highest BCUT2D eigenvalue weighted by Gasteiger charge is 2.23. The average molecular weight is 272 g/mol. The standard InChI is InChI=1S/C15H20N4O/c1-3-18(13-8-16-9-13)10-12-7-15(20)19-5-4-11(2)6-14(19)17-12/h4-7,13,16H,3,8-10H2,1-2H3. The molecule has 2 aromatic heterocycles. The molecule has 1 aliphatic rings. The summed E-state index contributed by atoms with van der Waals surface area (Å²) in [6.07, 6.45) is 1.79. The molecule has 1 aliphatic heterocycles. The Bertz CT molecular complexity index is 675. The van der Waals surface area contributed by atoms with Crippen LogP contribution in [0.1, 0.15) is 18.2 Å². The number of nitrogens with zero attached hydrogens (tertiary/aromatic N) is 3. The molecule has 3 rings (SSSR count). The quantitative estimate of drug-likeness (QED) is 0.894. The summed E-state index contributed by atoms with van der Waals surface area (Å²) >= 11 is 0. The highest BCUT2D eigenvalue weighted by atomic mass is 16.1. The highest BCUT2D eigenvalue weighted by Crippen LogP contribution is 2.10. The molecule has 0 atom stereocenters. The van der Waals surface area contributed by atoms with Gasteiger partial charge in [0.15, 0.2) is 0 Å². The van der Waals surface area contributed by atoms with Gasteiger partial charge in [-0.15, -0.1) is 0 Å². The summed E-state index contributed by atoms with van der Waals surface area (Å²) in [4.78, 5) is 19.1. The number of rotatable bonds is 4. The molecular weight excluding hydrogens is 252 g/mol. The van der Waals surface area contributed by atoms with Crippen LogP contribution in [0.5, 0.6) is 0 Å². The number of aryl methyl sites for hydroxylation is 1. The Balaban J connectivity index is 1.93. The topological polar surface area (TPSA) is 49.6 Å². The van der Waals surface area contributed by atoms with Crippen molar-refractivity contribution in [2.24, 2.45) is 0 Å². The second-order valence-corrected chi connectivity index (χ2v) is 5.39. The van der Waals surface area contributed by atoms with E-state index in [-0.39, 0.29) is 5.56 Å². The first-order valence-electron chi connectivity index (χ1n) is 7.11. The number of aromatic nitrogens is 2. The van der Waals surface area contributed by atoms with E-state index in [9.17, 15) is 4.79 Å². The molecule has 1 saturated heterocycles. The van der Waals surface area contributed by atoms with E-state index in [1.165, 1.54) is 0 Å². The number of hydrogen-bond donors (Lipinski definition) is 1. The van der Waals surface area contributed by atoms with Crippen LogP contribution in [-0.4, -0.2) is 40.0 Å². The van der Waals surface area contributed by atoms with Gasteiger partial charge in [0.1, 0.15) is 5.65 Å². The molecule has 0 aromatic carbocycles. The number of pyridine rings is 1. The van der Waals surface area contributed by atoms with E-state index in [4.69, 9.17) is 0 Å². The minimum atomic E-state index is -0.00668.